The van der Waals surface area contributed by atoms with Gasteiger partial charge in [0.15, 0.2) is 23.0 Å². The van der Waals surface area contributed by atoms with Crippen LogP contribution in [0.25, 0.3) is 0 Å². The molecule has 0 heterocycles. The first-order valence-corrected chi connectivity index (χ1v) is 14.7. The lowest BCUT2D eigenvalue weighted by Crippen LogP contribution is -2.37. The average molecular weight is 597 g/mol. The molecular weight excluding hydrogens is 560 g/mol. The van der Waals surface area contributed by atoms with E-state index < -0.39 is 24.1 Å². The highest BCUT2D eigenvalue weighted by atomic mass is 16.6. The second-order valence-electron chi connectivity index (χ2n) is 10.5. The van der Waals surface area contributed by atoms with E-state index in [0.717, 1.165) is 24.0 Å². The van der Waals surface area contributed by atoms with Crippen molar-refractivity contribution in [1.29, 1.82) is 0 Å². The zero-order valence-corrected chi connectivity index (χ0v) is 24.9. The van der Waals surface area contributed by atoms with Crippen LogP contribution in [-0.2, 0) is 22.7 Å². The van der Waals surface area contributed by atoms with Crippen LogP contribution in [-0.4, -0.2) is 38.4 Å². The lowest BCUT2D eigenvalue weighted by atomic mass is 9.94. The maximum Gasteiger partial charge on any atom is 0.338 e. The van der Waals surface area contributed by atoms with E-state index in [4.69, 9.17) is 28.4 Å². The average Bonchev–Trinajstić information content (AvgIpc) is 3.08. The molecule has 2 atom stereocenters. The molecule has 1 fully saturated rings. The Morgan fingerprint density at radius 1 is 0.568 bits per heavy atom. The Morgan fingerprint density at radius 2 is 0.977 bits per heavy atom. The van der Waals surface area contributed by atoms with E-state index >= 15 is 0 Å². The van der Waals surface area contributed by atoms with Crippen molar-refractivity contribution in [1.82, 2.24) is 0 Å². The summed E-state index contributed by atoms with van der Waals surface area (Å²) in [6.45, 7) is 0.733. The van der Waals surface area contributed by atoms with E-state index in [1.165, 1.54) is 14.2 Å². The van der Waals surface area contributed by atoms with Crippen molar-refractivity contribution in [3.8, 4) is 23.0 Å². The van der Waals surface area contributed by atoms with Gasteiger partial charge in [0.2, 0.25) is 0 Å². The first-order valence-electron chi connectivity index (χ1n) is 14.7. The Bertz CT molecular complexity index is 1420. The van der Waals surface area contributed by atoms with Gasteiger partial charge < -0.3 is 28.4 Å². The summed E-state index contributed by atoms with van der Waals surface area (Å²) in [5.41, 5.74) is 2.67. The van der Waals surface area contributed by atoms with Crippen LogP contribution in [0, 0.1) is 0 Å². The van der Waals surface area contributed by atoms with Crippen LogP contribution in [0.4, 0.5) is 0 Å². The van der Waals surface area contributed by atoms with Crippen LogP contribution < -0.4 is 18.9 Å². The van der Waals surface area contributed by atoms with Gasteiger partial charge in [0.25, 0.3) is 0 Å². The van der Waals surface area contributed by atoms with Gasteiger partial charge in [-0.15, -0.1) is 0 Å². The van der Waals surface area contributed by atoms with Gasteiger partial charge in [-0.3, -0.25) is 0 Å². The molecule has 0 N–H and O–H groups in total. The fourth-order valence-corrected chi connectivity index (χ4v) is 5.04. The summed E-state index contributed by atoms with van der Waals surface area (Å²) in [6.07, 6.45) is 1.76. The molecule has 0 aliphatic heterocycles. The molecule has 1 aliphatic carbocycles. The van der Waals surface area contributed by atoms with Crippen LogP contribution in [0.3, 0.4) is 0 Å². The van der Waals surface area contributed by atoms with E-state index in [1.807, 2.05) is 60.7 Å². The second kappa shape index (κ2) is 15.0. The van der Waals surface area contributed by atoms with Gasteiger partial charge in [0.05, 0.1) is 25.3 Å². The number of hydrogen-bond acceptors (Lipinski definition) is 8. The Balaban J connectivity index is 1.20. The van der Waals surface area contributed by atoms with Crippen LogP contribution >= 0.6 is 0 Å². The third kappa shape index (κ3) is 7.89. The summed E-state index contributed by atoms with van der Waals surface area (Å²) in [6, 6.07) is 29.4. The molecule has 4 aromatic carbocycles. The Kier molecular flexibility index (Phi) is 10.4. The first-order chi connectivity index (χ1) is 21.5. The van der Waals surface area contributed by atoms with Crippen molar-refractivity contribution in [2.24, 2.45) is 0 Å². The first kappa shape index (κ1) is 30.5. The number of hydrogen-bond donors (Lipinski definition) is 0. The Labute approximate surface area is 257 Å². The molecule has 228 valence electrons. The zero-order chi connectivity index (χ0) is 30.7. The highest BCUT2D eigenvalue weighted by molar-refractivity contribution is 5.91. The monoisotopic (exact) mass is 596 g/mol. The summed E-state index contributed by atoms with van der Waals surface area (Å²) < 4.78 is 34.5. The number of carbonyl (C=O) groups excluding carboxylic acids is 2. The molecule has 44 heavy (non-hydrogen) atoms. The van der Waals surface area contributed by atoms with Gasteiger partial charge >= 0.3 is 11.9 Å². The Hall–Kier alpha value is -4.98. The molecular formula is C36H36O8. The van der Waals surface area contributed by atoms with E-state index in [-0.39, 0.29) is 0 Å². The van der Waals surface area contributed by atoms with Gasteiger partial charge in [0.1, 0.15) is 25.4 Å². The van der Waals surface area contributed by atoms with Crippen molar-refractivity contribution in [2.45, 2.75) is 51.1 Å². The highest BCUT2D eigenvalue weighted by Crippen LogP contribution is 2.32. The minimum atomic E-state index is -0.574. The molecule has 0 aromatic heterocycles. The van der Waals surface area contributed by atoms with Gasteiger partial charge in [-0.1, -0.05) is 60.7 Å². The van der Waals surface area contributed by atoms with E-state index in [2.05, 4.69) is 0 Å². The van der Waals surface area contributed by atoms with Crippen molar-refractivity contribution in [3.63, 3.8) is 0 Å². The lowest BCUT2D eigenvalue weighted by Gasteiger charge is -2.30. The minimum Gasteiger partial charge on any atom is -0.493 e. The molecule has 1 saturated carbocycles. The normalized spacial score (nSPS) is 16.0. The van der Waals surface area contributed by atoms with Crippen molar-refractivity contribution >= 4 is 11.9 Å². The summed E-state index contributed by atoms with van der Waals surface area (Å²) in [7, 11) is 3.04. The zero-order valence-electron chi connectivity index (χ0n) is 24.9. The van der Waals surface area contributed by atoms with E-state index in [0.29, 0.717) is 60.2 Å². The molecule has 0 bridgehead atoms. The smallest absolute Gasteiger partial charge is 0.338 e. The molecule has 0 spiro atoms. The molecule has 2 unspecified atom stereocenters. The molecule has 0 amide bonds. The summed E-state index contributed by atoms with van der Waals surface area (Å²) >= 11 is 0. The van der Waals surface area contributed by atoms with Crippen LogP contribution in [0.1, 0.15) is 57.5 Å². The second-order valence-corrected chi connectivity index (χ2v) is 10.5. The van der Waals surface area contributed by atoms with Crippen LogP contribution in [0.15, 0.2) is 97.1 Å². The number of carbonyl (C=O) groups is 2. The lowest BCUT2D eigenvalue weighted by molar-refractivity contribution is -0.0514. The van der Waals surface area contributed by atoms with Gasteiger partial charge in [0, 0.05) is 0 Å². The summed E-state index contributed by atoms with van der Waals surface area (Å²) in [5.74, 6) is 0.841. The van der Waals surface area contributed by atoms with Crippen molar-refractivity contribution < 1.29 is 38.0 Å². The number of benzene rings is 4. The third-order valence-corrected chi connectivity index (χ3v) is 7.43. The molecule has 8 nitrogen and oxygen atoms in total. The fraction of sp³-hybridized carbons (Fsp3) is 0.278. The largest absolute Gasteiger partial charge is 0.493 e. The molecule has 1 aliphatic rings. The van der Waals surface area contributed by atoms with Crippen LogP contribution in [0.5, 0.6) is 23.0 Å². The minimum absolute atomic E-state index is 0.320. The number of methoxy groups -OCH3 is 2. The molecule has 4 aromatic rings. The van der Waals surface area contributed by atoms with Gasteiger partial charge in [-0.2, -0.15) is 0 Å². The van der Waals surface area contributed by atoms with Crippen molar-refractivity contribution in [3.05, 3.63) is 119 Å². The topological polar surface area (TPSA) is 89.5 Å². The van der Waals surface area contributed by atoms with Gasteiger partial charge in [-0.05, 0) is 73.2 Å². The molecule has 5 rings (SSSR count). The number of ether oxygens (including phenoxy) is 6. The van der Waals surface area contributed by atoms with Crippen LogP contribution in [0.2, 0.25) is 0 Å². The van der Waals surface area contributed by atoms with E-state index in [9.17, 15) is 9.59 Å². The highest BCUT2D eigenvalue weighted by Gasteiger charge is 2.32. The van der Waals surface area contributed by atoms with Crippen molar-refractivity contribution in [2.75, 3.05) is 14.2 Å². The van der Waals surface area contributed by atoms with Gasteiger partial charge in [-0.25, -0.2) is 9.59 Å². The Morgan fingerprint density at radius 3 is 1.36 bits per heavy atom. The third-order valence-electron chi connectivity index (χ3n) is 7.43. The molecule has 0 saturated heterocycles. The fourth-order valence-electron chi connectivity index (χ4n) is 5.04. The van der Waals surface area contributed by atoms with E-state index in [1.54, 1.807) is 36.4 Å². The predicted molar refractivity (Wildman–Crippen MR) is 164 cm³/mol. The molecule has 8 heteroatoms. The predicted octanol–water partition coefficient (Wildman–Crippen LogP) is 7.19. The number of esters is 2. The maximum atomic E-state index is 13.2. The summed E-state index contributed by atoms with van der Waals surface area (Å²) in [4.78, 5) is 26.3. The standard InChI is InChI=1S/C36H36O8/c1-39-33-21-27(17-19-29(33)41-23-25-11-5-3-6-12-25)35(37)43-31-15-9-10-16-32(31)44-36(38)28-18-20-30(34(22-28)40-2)42-24-26-13-7-4-8-14-26/h3-8,11-14,17-22,31-32H,9-10,15-16,23-24H2,1-2H3. The number of rotatable bonds is 12. The maximum absolute atomic E-state index is 13.2. The quantitative estimate of drug-likeness (QED) is 0.159. The summed E-state index contributed by atoms with van der Waals surface area (Å²) in [5, 5.41) is 0. The molecule has 0 radical (unpaired) electrons. The SMILES string of the molecule is COc1cc(C(=O)OC2CCCCC2OC(=O)c2ccc(OCc3ccccc3)c(OC)c2)ccc1OCc1ccccc1.